The van der Waals surface area contributed by atoms with Gasteiger partial charge in [-0.3, -0.25) is 4.79 Å². The van der Waals surface area contributed by atoms with Crippen molar-refractivity contribution in [1.82, 2.24) is 9.55 Å². The monoisotopic (exact) mass is 442 g/mol. The molecule has 31 heavy (non-hydrogen) atoms. The van der Waals surface area contributed by atoms with Crippen LogP contribution < -0.4 is 15.0 Å². The second kappa shape index (κ2) is 6.21. The molecule has 0 saturated heterocycles. The van der Waals surface area contributed by atoms with Gasteiger partial charge >= 0.3 is 5.97 Å². The van der Waals surface area contributed by atoms with Crippen molar-refractivity contribution in [3.05, 3.63) is 50.8 Å². The highest BCUT2D eigenvalue weighted by molar-refractivity contribution is 6.18. The standard InChI is InChI=1S/C22H17ClN2O6/c1-2-22(28)14-4-16-19-12(7-25(16)20(26)13(14)8-29-21(22)27)11(6-23)10-3-17-18(31-9-30-17)5-15(10)24-19/h3-5,28H,2,6-9H2,1H3/t22-/m0/s1/i9D2. The van der Waals surface area contributed by atoms with Crippen LogP contribution in [0.2, 0.25) is 0 Å². The molecule has 0 aliphatic carbocycles. The summed E-state index contributed by atoms with van der Waals surface area (Å²) in [5.74, 6) is -0.205. The lowest BCUT2D eigenvalue weighted by molar-refractivity contribution is -0.172. The van der Waals surface area contributed by atoms with E-state index in [0.29, 0.717) is 22.3 Å². The number of halogens is 1. The van der Waals surface area contributed by atoms with Crippen molar-refractivity contribution in [2.75, 3.05) is 6.75 Å². The van der Waals surface area contributed by atoms with E-state index in [1.165, 1.54) is 0 Å². The molecule has 0 unspecified atom stereocenters. The van der Waals surface area contributed by atoms with Crippen LogP contribution in [0.1, 0.15) is 38.3 Å². The maximum Gasteiger partial charge on any atom is 0.343 e. The molecule has 3 aliphatic heterocycles. The third-order valence-electron chi connectivity index (χ3n) is 6.31. The first kappa shape index (κ1) is 16.6. The fourth-order valence-electron chi connectivity index (χ4n) is 4.59. The van der Waals surface area contributed by atoms with Gasteiger partial charge < -0.3 is 23.9 Å². The first-order chi connectivity index (χ1) is 15.7. The number of hydrogen-bond acceptors (Lipinski definition) is 7. The Morgan fingerprint density at radius 1 is 1.23 bits per heavy atom. The normalized spacial score (nSPS) is 23.0. The SMILES string of the molecule is [2H]C1([2H])Oc2cc3nc4c(c(CCl)c3cc2O1)Cn1c-4cc2c(c1=O)COC(=O)[C@]2(O)CC. The Bertz CT molecular complexity index is 1470. The van der Waals surface area contributed by atoms with Crippen LogP contribution in [-0.4, -0.2) is 27.4 Å². The summed E-state index contributed by atoms with van der Waals surface area (Å²) in [7, 11) is 0. The number of benzene rings is 1. The Morgan fingerprint density at radius 2 is 2.00 bits per heavy atom. The minimum atomic E-state index is -2.28. The number of carbonyl (C=O) groups is 1. The summed E-state index contributed by atoms with van der Waals surface area (Å²) in [6, 6.07) is 4.85. The zero-order valence-corrected chi connectivity index (χ0v) is 17.1. The average molecular weight is 443 g/mol. The predicted molar refractivity (Wildman–Crippen MR) is 110 cm³/mol. The third-order valence-corrected chi connectivity index (χ3v) is 6.58. The number of aliphatic hydroxyl groups is 1. The van der Waals surface area contributed by atoms with Gasteiger partial charge in [0.05, 0.1) is 29.0 Å². The molecule has 2 aromatic heterocycles. The fourth-order valence-corrected chi connectivity index (χ4v) is 4.90. The second-order valence-corrected chi connectivity index (χ2v) is 8.03. The molecule has 8 nitrogen and oxygen atoms in total. The van der Waals surface area contributed by atoms with Gasteiger partial charge in [-0.15, -0.1) is 11.6 Å². The van der Waals surface area contributed by atoms with Crippen LogP contribution in [-0.2, 0) is 34.2 Å². The van der Waals surface area contributed by atoms with Crippen molar-refractivity contribution < 1.29 is 26.9 Å². The van der Waals surface area contributed by atoms with Crippen molar-refractivity contribution in [2.24, 2.45) is 0 Å². The molecule has 3 aliphatic rings. The second-order valence-electron chi connectivity index (χ2n) is 7.76. The number of hydrogen-bond donors (Lipinski definition) is 1. The molecular weight excluding hydrogens is 424 g/mol. The maximum absolute atomic E-state index is 13.3. The lowest BCUT2D eigenvalue weighted by Crippen LogP contribution is -2.44. The molecule has 0 fully saturated rings. The molecule has 5 heterocycles. The third kappa shape index (κ3) is 2.31. The van der Waals surface area contributed by atoms with Crippen LogP contribution in [0.25, 0.3) is 22.3 Å². The van der Waals surface area contributed by atoms with Gasteiger partial charge in [0.25, 0.3) is 5.56 Å². The van der Waals surface area contributed by atoms with Crippen LogP contribution in [0, 0.1) is 0 Å². The predicted octanol–water partition coefficient (Wildman–Crippen LogP) is 2.55. The van der Waals surface area contributed by atoms with E-state index in [0.717, 1.165) is 11.1 Å². The van der Waals surface area contributed by atoms with Crippen molar-refractivity contribution in [3.8, 4) is 22.9 Å². The van der Waals surface area contributed by atoms with E-state index in [9.17, 15) is 14.7 Å². The van der Waals surface area contributed by atoms with E-state index in [2.05, 4.69) is 0 Å². The number of esters is 1. The Morgan fingerprint density at radius 3 is 2.74 bits per heavy atom. The van der Waals surface area contributed by atoms with E-state index in [1.54, 1.807) is 29.7 Å². The summed E-state index contributed by atoms with van der Waals surface area (Å²) >= 11 is 6.33. The number of rotatable bonds is 2. The first-order valence-electron chi connectivity index (χ1n) is 10.8. The molecule has 0 saturated carbocycles. The molecule has 0 amide bonds. The molecule has 158 valence electrons. The highest BCUT2D eigenvalue weighted by Crippen LogP contribution is 2.43. The molecule has 1 aromatic carbocycles. The number of carbonyl (C=O) groups excluding carboxylic acids is 1. The van der Waals surface area contributed by atoms with Gasteiger partial charge in [0, 0.05) is 28.5 Å². The van der Waals surface area contributed by atoms with Crippen molar-refractivity contribution >= 4 is 28.5 Å². The van der Waals surface area contributed by atoms with Crippen LogP contribution in [0.5, 0.6) is 11.5 Å². The lowest BCUT2D eigenvalue weighted by atomic mass is 9.86. The van der Waals surface area contributed by atoms with Crippen LogP contribution in [0.4, 0.5) is 0 Å². The van der Waals surface area contributed by atoms with Gasteiger partial charge in [-0.25, -0.2) is 9.78 Å². The Hall–Kier alpha value is -3.10. The highest BCUT2D eigenvalue weighted by Gasteiger charge is 2.45. The molecule has 9 heteroatoms. The fraction of sp³-hybridized carbons (Fsp3) is 0.318. The van der Waals surface area contributed by atoms with Crippen molar-refractivity contribution in [3.63, 3.8) is 0 Å². The number of fused-ring (bicyclic) bond motifs is 6. The number of nitrogens with zero attached hydrogens (tertiary/aromatic N) is 2. The van der Waals surface area contributed by atoms with Crippen molar-refractivity contribution in [2.45, 2.75) is 38.0 Å². The van der Waals surface area contributed by atoms with Gasteiger partial charge in [-0.05, 0) is 24.1 Å². The molecule has 1 N–H and O–H groups in total. The Kier molecular flexibility index (Phi) is 3.32. The van der Waals surface area contributed by atoms with Crippen LogP contribution >= 0.6 is 11.6 Å². The number of alkyl halides is 1. The summed E-state index contributed by atoms with van der Waals surface area (Å²) in [5, 5.41) is 11.7. The largest absolute Gasteiger partial charge is 0.458 e. The topological polar surface area (TPSA) is 99.9 Å². The van der Waals surface area contributed by atoms with Crippen LogP contribution in [0.15, 0.2) is 23.0 Å². The maximum atomic E-state index is 13.3. The molecule has 3 aromatic rings. The first-order valence-corrected chi connectivity index (χ1v) is 10.3. The zero-order chi connectivity index (χ0) is 23.3. The van der Waals surface area contributed by atoms with E-state index < -0.39 is 18.3 Å². The summed E-state index contributed by atoms with van der Waals surface area (Å²) < 4.78 is 32.5. The molecular formula is C22H17ClN2O6. The molecule has 6 rings (SSSR count). The number of aromatic nitrogens is 2. The van der Waals surface area contributed by atoms with Gasteiger partial charge in [-0.2, -0.15) is 0 Å². The molecule has 0 spiro atoms. The molecule has 1 atom stereocenters. The van der Waals surface area contributed by atoms with Gasteiger partial charge in [0.1, 0.15) is 9.35 Å². The van der Waals surface area contributed by atoms with E-state index >= 15 is 0 Å². The zero-order valence-electron chi connectivity index (χ0n) is 18.3. The Balaban J connectivity index is 1.62. The molecule has 0 bridgehead atoms. The van der Waals surface area contributed by atoms with E-state index in [-0.39, 0.29) is 53.6 Å². The van der Waals surface area contributed by atoms with E-state index in [4.69, 9.17) is 33.5 Å². The summed E-state index contributed by atoms with van der Waals surface area (Å²) in [6.45, 7) is -0.613. The van der Waals surface area contributed by atoms with Gasteiger partial charge in [0.15, 0.2) is 17.1 Å². The van der Waals surface area contributed by atoms with Crippen molar-refractivity contribution in [1.29, 1.82) is 0 Å². The van der Waals surface area contributed by atoms with Gasteiger partial charge in [0.2, 0.25) is 6.75 Å². The quantitative estimate of drug-likeness (QED) is 0.376. The smallest absolute Gasteiger partial charge is 0.343 e. The Labute approximate surface area is 183 Å². The summed E-state index contributed by atoms with van der Waals surface area (Å²) in [6.07, 6.45) is 0.0537. The summed E-state index contributed by atoms with van der Waals surface area (Å²) in [4.78, 5) is 30.4. The van der Waals surface area contributed by atoms with Gasteiger partial charge in [-0.1, -0.05) is 6.92 Å². The van der Waals surface area contributed by atoms with E-state index in [1.807, 2.05) is 0 Å². The molecule has 0 radical (unpaired) electrons. The summed E-state index contributed by atoms with van der Waals surface area (Å²) in [5.41, 5.74) is 1.17. The minimum Gasteiger partial charge on any atom is -0.458 e. The number of ether oxygens (including phenoxy) is 3. The van der Waals surface area contributed by atoms with Crippen LogP contribution in [0.3, 0.4) is 0 Å². The highest BCUT2D eigenvalue weighted by atomic mass is 35.5. The minimum absolute atomic E-state index is 0.0537. The number of pyridine rings is 2. The average Bonchev–Trinajstić information content (AvgIpc) is 3.29. The lowest BCUT2D eigenvalue weighted by Gasteiger charge is -2.31. The number of cyclic esters (lactones) is 1.